The predicted octanol–water partition coefficient (Wildman–Crippen LogP) is 4.77. The predicted molar refractivity (Wildman–Crippen MR) is 119 cm³/mol. The Balaban J connectivity index is 1.77. The first-order chi connectivity index (χ1) is 14.1. The van der Waals surface area contributed by atoms with Crippen molar-refractivity contribution in [3.63, 3.8) is 0 Å². The van der Waals surface area contributed by atoms with Gasteiger partial charge in [0.15, 0.2) is 0 Å². The molecule has 2 aliphatic rings. The Morgan fingerprint density at radius 1 is 0.966 bits per heavy atom. The molecule has 1 saturated carbocycles. The number of aryl methyl sites for hydroxylation is 2. The van der Waals surface area contributed by atoms with E-state index in [9.17, 15) is 4.79 Å². The van der Waals surface area contributed by atoms with Gasteiger partial charge in [0.05, 0.1) is 13.3 Å². The first-order valence-electron chi connectivity index (χ1n) is 11.3. The van der Waals surface area contributed by atoms with Gasteiger partial charge in [-0.2, -0.15) is 0 Å². The molecule has 0 bridgehead atoms. The summed E-state index contributed by atoms with van der Waals surface area (Å²) in [7, 11) is 0. The van der Waals surface area contributed by atoms with E-state index in [2.05, 4.69) is 41.0 Å². The largest absolute Gasteiger partial charge is 0.298 e. The van der Waals surface area contributed by atoms with E-state index in [-0.39, 0.29) is 5.56 Å². The lowest BCUT2D eigenvalue weighted by atomic mass is 10.1. The van der Waals surface area contributed by atoms with Crippen LogP contribution in [0.15, 0.2) is 29.1 Å². The summed E-state index contributed by atoms with van der Waals surface area (Å²) in [6.45, 7) is 7.65. The van der Waals surface area contributed by atoms with Gasteiger partial charge in [0.1, 0.15) is 0 Å². The third kappa shape index (κ3) is 3.97. The zero-order chi connectivity index (χ0) is 20.4. The van der Waals surface area contributed by atoms with Gasteiger partial charge in [-0.1, -0.05) is 51.7 Å². The Labute approximate surface area is 174 Å². The van der Waals surface area contributed by atoms with Crippen molar-refractivity contribution in [2.75, 3.05) is 11.6 Å². The molecule has 1 aliphatic carbocycles. The number of anilines is 2. The Morgan fingerprint density at radius 3 is 2.28 bits per heavy atom. The highest BCUT2D eigenvalue weighted by molar-refractivity contribution is 5.59. The van der Waals surface area contributed by atoms with Gasteiger partial charge in [-0.15, -0.1) is 0 Å². The maximum absolute atomic E-state index is 13.3. The van der Waals surface area contributed by atoms with Gasteiger partial charge in [-0.25, -0.2) is 4.98 Å². The smallest absolute Gasteiger partial charge is 0.259 e. The molecule has 1 aromatic carbocycles. The summed E-state index contributed by atoms with van der Waals surface area (Å²) < 4.78 is 1.91. The third-order valence-electron chi connectivity index (χ3n) is 6.69. The number of rotatable bonds is 4. The minimum Gasteiger partial charge on any atom is -0.298 e. The van der Waals surface area contributed by atoms with Crippen LogP contribution in [0, 0.1) is 6.92 Å². The molecule has 29 heavy (non-hydrogen) atoms. The molecule has 0 amide bonds. The molecule has 4 rings (SSSR count). The maximum atomic E-state index is 13.3. The van der Waals surface area contributed by atoms with Crippen molar-refractivity contribution in [1.29, 1.82) is 0 Å². The second-order valence-corrected chi connectivity index (χ2v) is 8.53. The van der Waals surface area contributed by atoms with Crippen LogP contribution < -0.4 is 10.5 Å². The zero-order valence-corrected chi connectivity index (χ0v) is 18.2. The fraction of sp³-hybridized carbons (Fsp3) is 0.583. The SMILES string of the molecule is CCc1ccc(N2CN(C3CCCCCC3)Cn3c2nc(C)c(CC)c3=O)cc1. The van der Waals surface area contributed by atoms with Crippen LogP contribution in [0.2, 0.25) is 0 Å². The maximum Gasteiger partial charge on any atom is 0.259 e. The molecular weight excluding hydrogens is 360 g/mol. The summed E-state index contributed by atoms with van der Waals surface area (Å²) in [5.41, 5.74) is 4.28. The van der Waals surface area contributed by atoms with Gasteiger partial charge in [0.2, 0.25) is 5.95 Å². The number of fused-ring (bicyclic) bond motifs is 1. The highest BCUT2D eigenvalue weighted by Gasteiger charge is 2.31. The monoisotopic (exact) mass is 394 g/mol. The molecular formula is C24H34N4O. The van der Waals surface area contributed by atoms with Crippen LogP contribution in [-0.2, 0) is 19.5 Å². The molecule has 0 spiro atoms. The lowest BCUT2D eigenvalue weighted by molar-refractivity contribution is 0.123. The Hall–Kier alpha value is -2.14. The minimum absolute atomic E-state index is 0.128. The molecule has 5 nitrogen and oxygen atoms in total. The quantitative estimate of drug-likeness (QED) is 0.701. The van der Waals surface area contributed by atoms with Gasteiger partial charge in [-0.3, -0.25) is 19.2 Å². The first-order valence-corrected chi connectivity index (χ1v) is 11.3. The van der Waals surface area contributed by atoms with Gasteiger partial charge < -0.3 is 0 Å². The summed E-state index contributed by atoms with van der Waals surface area (Å²) in [6, 6.07) is 9.27. The topological polar surface area (TPSA) is 41.4 Å². The van der Waals surface area contributed by atoms with Crippen LogP contribution in [-0.4, -0.2) is 27.2 Å². The molecule has 5 heteroatoms. The van der Waals surface area contributed by atoms with E-state index >= 15 is 0 Å². The zero-order valence-electron chi connectivity index (χ0n) is 18.2. The molecule has 1 aliphatic heterocycles. The van der Waals surface area contributed by atoms with Crippen molar-refractivity contribution < 1.29 is 0 Å². The van der Waals surface area contributed by atoms with Crippen molar-refractivity contribution in [1.82, 2.24) is 14.5 Å². The number of hydrogen-bond donors (Lipinski definition) is 0. The first kappa shape index (κ1) is 20.1. The highest BCUT2D eigenvalue weighted by atomic mass is 16.1. The van der Waals surface area contributed by atoms with Crippen LogP contribution in [0.5, 0.6) is 0 Å². The Morgan fingerprint density at radius 2 is 1.66 bits per heavy atom. The molecule has 1 aromatic heterocycles. The standard InChI is InChI=1S/C24H34N4O/c1-4-19-12-14-21(15-13-19)27-16-26(20-10-8-6-7-9-11-20)17-28-23(29)22(5-2)18(3)25-24(27)28/h12-15,20H,4-11,16-17H2,1-3H3. The average Bonchev–Trinajstić information content (AvgIpc) is 3.03. The van der Waals surface area contributed by atoms with E-state index < -0.39 is 0 Å². The van der Waals surface area contributed by atoms with Gasteiger partial charge in [-0.05, 0) is 50.3 Å². The molecule has 2 aromatic rings. The number of nitrogens with zero attached hydrogens (tertiary/aromatic N) is 4. The van der Waals surface area contributed by atoms with Crippen LogP contribution in [0.1, 0.15) is 69.2 Å². The second-order valence-electron chi connectivity index (χ2n) is 8.53. The van der Waals surface area contributed by atoms with Crippen LogP contribution in [0.3, 0.4) is 0 Å². The Bertz CT molecular complexity index is 894. The van der Waals surface area contributed by atoms with E-state index in [1.54, 1.807) is 0 Å². The fourth-order valence-electron chi connectivity index (χ4n) is 4.86. The normalized spacial score (nSPS) is 18.5. The van der Waals surface area contributed by atoms with Crippen LogP contribution >= 0.6 is 0 Å². The van der Waals surface area contributed by atoms with Crippen molar-refractivity contribution in [3.8, 4) is 0 Å². The lowest BCUT2D eigenvalue weighted by Gasteiger charge is -2.42. The molecule has 0 atom stereocenters. The van der Waals surface area contributed by atoms with Crippen molar-refractivity contribution in [3.05, 3.63) is 51.4 Å². The molecule has 156 valence electrons. The lowest BCUT2D eigenvalue weighted by Crippen LogP contribution is -2.51. The molecule has 0 unspecified atom stereocenters. The highest BCUT2D eigenvalue weighted by Crippen LogP contribution is 2.31. The average molecular weight is 395 g/mol. The molecule has 0 saturated heterocycles. The van der Waals surface area contributed by atoms with E-state index in [4.69, 9.17) is 4.98 Å². The van der Waals surface area contributed by atoms with Crippen molar-refractivity contribution in [2.24, 2.45) is 0 Å². The van der Waals surface area contributed by atoms with E-state index in [0.717, 1.165) is 42.4 Å². The van der Waals surface area contributed by atoms with Crippen molar-refractivity contribution in [2.45, 2.75) is 84.8 Å². The number of aromatic nitrogens is 2. The second kappa shape index (κ2) is 8.70. The molecule has 1 fully saturated rings. The summed E-state index contributed by atoms with van der Waals surface area (Å²) in [6.07, 6.45) is 9.47. The van der Waals surface area contributed by atoms with E-state index in [0.29, 0.717) is 12.7 Å². The van der Waals surface area contributed by atoms with Gasteiger partial charge in [0.25, 0.3) is 5.56 Å². The number of benzene rings is 1. The van der Waals surface area contributed by atoms with Crippen LogP contribution in [0.4, 0.5) is 11.6 Å². The minimum atomic E-state index is 0.128. The fourth-order valence-corrected chi connectivity index (χ4v) is 4.86. The van der Waals surface area contributed by atoms with Crippen LogP contribution in [0.25, 0.3) is 0 Å². The summed E-state index contributed by atoms with van der Waals surface area (Å²) in [5.74, 6) is 0.791. The summed E-state index contributed by atoms with van der Waals surface area (Å²) in [4.78, 5) is 23.0. The molecule has 2 heterocycles. The summed E-state index contributed by atoms with van der Waals surface area (Å²) >= 11 is 0. The molecule has 0 N–H and O–H groups in total. The van der Waals surface area contributed by atoms with E-state index in [1.807, 2.05) is 18.4 Å². The Kier molecular flexibility index (Phi) is 6.04. The third-order valence-corrected chi connectivity index (χ3v) is 6.69. The molecule has 0 radical (unpaired) electrons. The van der Waals surface area contributed by atoms with Gasteiger partial charge >= 0.3 is 0 Å². The van der Waals surface area contributed by atoms with Crippen molar-refractivity contribution >= 4 is 11.6 Å². The van der Waals surface area contributed by atoms with E-state index in [1.165, 1.54) is 44.1 Å². The number of hydrogen-bond acceptors (Lipinski definition) is 4. The summed E-state index contributed by atoms with van der Waals surface area (Å²) in [5, 5.41) is 0. The van der Waals surface area contributed by atoms with Gasteiger partial charge in [0, 0.05) is 23.0 Å².